The molecule has 1 fully saturated rings. The minimum absolute atomic E-state index is 0.508. The van der Waals surface area contributed by atoms with E-state index in [1.807, 2.05) is 17.8 Å². The number of thioether (sulfide) groups is 1. The van der Waals surface area contributed by atoms with E-state index in [1.54, 1.807) is 12.1 Å². The molecule has 1 aromatic rings. The molecule has 1 atom stereocenters. The van der Waals surface area contributed by atoms with Crippen molar-refractivity contribution in [3.63, 3.8) is 0 Å². The summed E-state index contributed by atoms with van der Waals surface area (Å²) in [6.45, 7) is 0. The Balaban J connectivity index is 2.06. The Morgan fingerprint density at radius 3 is 3.00 bits per heavy atom. The minimum atomic E-state index is 0.508. The number of benzene rings is 1. The van der Waals surface area contributed by atoms with Gasteiger partial charge in [-0.1, -0.05) is 0 Å². The smallest absolute Gasteiger partial charge is 0.0992 e. The van der Waals surface area contributed by atoms with Crippen LogP contribution in [0.2, 0.25) is 0 Å². The number of hydrogen-bond acceptors (Lipinski definition) is 4. The van der Waals surface area contributed by atoms with Crippen LogP contribution in [-0.4, -0.2) is 17.5 Å². The Hall–Kier alpha value is -1.34. The van der Waals surface area contributed by atoms with Crippen LogP contribution in [0.4, 0.5) is 11.4 Å². The van der Waals surface area contributed by atoms with Gasteiger partial charge in [0, 0.05) is 11.8 Å². The highest BCUT2D eigenvalue weighted by Crippen LogP contribution is 2.25. The number of nitrogens with two attached hydrogens (primary N) is 1. The molecule has 2 rings (SSSR count). The molecule has 1 heterocycles. The molecule has 0 radical (unpaired) electrons. The van der Waals surface area contributed by atoms with Gasteiger partial charge in [-0.05, 0) is 36.8 Å². The average Bonchev–Trinajstić information content (AvgIpc) is 2.33. The topological polar surface area (TPSA) is 61.8 Å². The van der Waals surface area contributed by atoms with E-state index in [9.17, 15) is 0 Å². The number of nitrogens with one attached hydrogen (secondary N) is 1. The van der Waals surface area contributed by atoms with Crippen LogP contribution in [0.25, 0.3) is 0 Å². The van der Waals surface area contributed by atoms with Crippen LogP contribution >= 0.6 is 11.8 Å². The van der Waals surface area contributed by atoms with Crippen LogP contribution in [0.15, 0.2) is 18.2 Å². The van der Waals surface area contributed by atoms with Gasteiger partial charge in [-0.2, -0.15) is 17.0 Å². The third-order valence-electron chi connectivity index (χ3n) is 2.70. The highest BCUT2D eigenvalue weighted by molar-refractivity contribution is 7.99. The van der Waals surface area contributed by atoms with Crippen LogP contribution in [-0.2, 0) is 0 Å². The highest BCUT2D eigenvalue weighted by atomic mass is 32.2. The second kappa shape index (κ2) is 5.13. The summed E-state index contributed by atoms with van der Waals surface area (Å²) in [5.74, 6) is 2.40. The molecule has 0 spiro atoms. The van der Waals surface area contributed by atoms with Gasteiger partial charge >= 0.3 is 0 Å². The van der Waals surface area contributed by atoms with Crippen molar-refractivity contribution in [1.82, 2.24) is 0 Å². The molecule has 84 valence electrons. The first-order chi connectivity index (χ1) is 7.79. The molecule has 0 aromatic heterocycles. The van der Waals surface area contributed by atoms with Crippen molar-refractivity contribution >= 4 is 23.1 Å². The van der Waals surface area contributed by atoms with E-state index in [0.29, 0.717) is 17.3 Å². The Bertz CT molecular complexity index is 405. The quantitative estimate of drug-likeness (QED) is 0.770. The zero-order valence-corrected chi connectivity index (χ0v) is 9.89. The van der Waals surface area contributed by atoms with Crippen LogP contribution in [0, 0.1) is 11.3 Å². The standard InChI is InChI=1S/C12H15N3S/c13-7-9-3-4-12(11(14)6-9)15-10-2-1-5-16-8-10/h3-4,6,10,15H,1-2,5,8,14H2. The normalized spacial score (nSPS) is 20.1. The van der Waals surface area contributed by atoms with Gasteiger partial charge in [0.1, 0.15) is 0 Å². The van der Waals surface area contributed by atoms with Gasteiger partial charge in [-0.3, -0.25) is 0 Å². The molecule has 0 amide bonds. The molecule has 1 aliphatic rings. The van der Waals surface area contributed by atoms with Gasteiger partial charge < -0.3 is 11.1 Å². The predicted molar refractivity (Wildman–Crippen MR) is 69.5 cm³/mol. The van der Waals surface area contributed by atoms with E-state index in [2.05, 4.69) is 11.4 Å². The zero-order valence-electron chi connectivity index (χ0n) is 9.07. The maximum Gasteiger partial charge on any atom is 0.0992 e. The summed E-state index contributed by atoms with van der Waals surface area (Å²) in [5.41, 5.74) is 8.12. The first kappa shape index (κ1) is 11.2. The fraction of sp³-hybridized carbons (Fsp3) is 0.417. The SMILES string of the molecule is N#Cc1ccc(NC2CCCSC2)c(N)c1. The lowest BCUT2D eigenvalue weighted by atomic mass is 10.1. The van der Waals surface area contributed by atoms with Crippen LogP contribution in [0.5, 0.6) is 0 Å². The summed E-state index contributed by atoms with van der Waals surface area (Å²) in [4.78, 5) is 0. The molecule has 1 aliphatic heterocycles. The van der Waals surface area contributed by atoms with Crippen molar-refractivity contribution in [2.45, 2.75) is 18.9 Å². The molecule has 0 bridgehead atoms. The molecule has 3 nitrogen and oxygen atoms in total. The molecule has 0 saturated carbocycles. The third-order valence-corrected chi connectivity index (χ3v) is 3.92. The Morgan fingerprint density at radius 2 is 2.38 bits per heavy atom. The fourth-order valence-corrected chi connectivity index (χ4v) is 2.91. The molecular weight excluding hydrogens is 218 g/mol. The van der Waals surface area contributed by atoms with Crippen molar-refractivity contribution in [3.05, 3.63) is 23.8 Å². The summed E-state index contributed by atoms with van der Waals surface area (Å²) >= 11 is 1.98. The third kappa shape index (κ3) is 2.61. The van der Waals surface area contributed by atoms with Gasteiger partial charge in [0.15, 0.2) is 0 Å². The fourth-order valence-electron chi connectivity index (χ4n) is 1.84. The molecule has 1 saturated heterocycles. The number of anilines is 2. The van der Waals surface area contributed by atoms with E-state index < -0.39 is 0 Å². The van der Waals surface area contributed by atoms with E-state index in [1.165, 1.54) is 18.6 Å². The van der Waals surface area contributed by atoms with Gasteiger partial charge in [0.05, 0.1) is 23.0 Å². The summed E-state index contributed by atoms with van der Waals surface area (Å²) in [5, 5.41) is 12.2. The Labute approximate surface area is 100 Å². The average molecular weight is 233 g/mol. The van der Waals surface area contributed by atoms with Crippen molar-refractivity contribution < 1.29 is 0 Å². The first-order valence-electron chi connectivity index (χ1n) is 5.43. The molecular formula is C12H15N3S. The molecule has 1 aromatic carbocycles. The lowest BCUT2D eigenvalue weighted by molar-refractivity contribution is 0.685. The second-order valence-corrected chi connectivity index (χ2v) is 5.12. The number of nitriles is 1. The van der Waals surface area contributed by atoms with Crippen molar-refractivity contribution in [3.8, 4) is 6.07 Å². The molecule has 4 heteroatoms. The van der Waals surface area contributed by atoms with Crippen LogP contribution in [0.3, 0.4) is 0 Å². The van der Waals surface area contributed by atoms with E-state index >= 15 is 0 Å². The molecule has 3 N–H and O–H groups in total. The van der Waals surface area contributed by atoms with Crippen molar-refractivity contribution in [1.29, 1.82) is 5.26 Å². The van der Waals surface area contributed by atoms with Crippen molar-refractivity contribution in [2.24, 2.45) is 0 Å². The lowest BCUT2D eigenvalue weighted by Crippen LogP contribution is -2.26. The highest BCUT2D eigenvalue weighted by Gasteiger charge is 2.14. The van der Waals surface area contributed by atoms with Crippen molar-refractivity contribution in [2.75, 3.05) is 22.6 Å². The summed E-state index contributed by atoms with van der Waals surface area (Å²) in [6.07, 6.45) is 2.46. The number of nitrogen functional groups attached to an aromatic ring is 1. The molecule has 0 aliphatic carbocycles. The lowest BCUT2D eigenvalue weighted by Gasteiger charge is -2.24. The van der Waals surface area contributed by atoms with E-state index in [0.717, 1.165) is 11.4 Å². The first-order valence-corrected chi connectivity index (χ1v) is 6.59. The van der Waals surface area contributed by atoms with E-state index in [-0.39, 0.29) is 0 Å². The Kier molecular flexibility index (Phi) is 3.58. The van der Waals surface area contributed by atoms with Crippen LogP contribution in [0.1, 0.15) is 18.4 Å². The number of hydrogen-bond donors (Lipinski definition) is 2. The number of rotatable bonds is 2. The minimum Gasteiger partial charge on any atom is -0.397 e. The summed E-state index contributed by atoms with van der Waals surface area (Å²) in [7, 11) is 0. The second-order valence-electron chi connectivity index (χ2n) is 3.97. The van der Waals surface area contributed by atoms with Crippen LogP contribution < -0.4 is 11.1 Å². The number of nitrogens with zero attached hydrogens (tertiary/aromatic N) is 1. The monoisotopic (exact) mass is 233 g/mol. The van der Waals surface area contributed by atoms with E-state index in [4.69, 9.17) is 11.0 Å². The molecule has 16 heavy (non-hydrogen) atoms. The summed E-state index contributed by atoms with van der Waals surface area (Å²) < 4.78 is 0. The molecule has 1 unspecified atom stereocenters. The maximum atomic E-state index is 8.75. The predicted octanol–water partition coefficient (Wildman–Crippen LogP) is 2.45. The zero-order chi connectivity index (χ0) is 11.4. The summed E-state index contributed by atoms with van der Waals surface area (Å²) in [6, 6.07) is 8.01. The Morgan fingerprint density at radius 1 is 1.50 bits per heavy atom. The largest absolute Gasteiger partial charge is 0.397 e. The van der Waals surface area contributed by atoms with Gasteiger partial charge in [0.25, 0.3) is 0 Å². The maximum absolute atomic E-state index is 8.75. The van der Waals surface area contributed by atoms with Gasteiger partial charge in [0.2, 0.25) is 0 Å². The van der Waals surface area contributed by atoms with Gasteiger partial charge in [-0.15, -0.1) is 0 Å². The van der Waals surface area contributed by atoms with Gasteiger partial charge in [-0.25, -0.2) is 0 Å².